The molecule has 3 rings (SSSR count). The van der Waals surface area contributed by atoms with Crippen LogP contribution in [0.5, 0.6) is 17.2 Å². The number of rotatable bonds is 8. The number of ketones is 1. The fourth-order valence-corrected chi connectivity index (χ4v) is 3.79. The van der Waals surface area contributed by atoms with Crippen LogP contribution in [0.25, 0.3) is 5.76 Å². The molecule has 0 bridgehead atoms. The quantitative estimate of drug-likeness (QED) is 0.370. The van der Waals surface area contributed by atoms with Gasteiger partial charge in [-0.05, 0) is 56.1 Å². The first-order valence-corrected chi connectivity index (χ1v) is 10.2. The normalized spacial score (nSPS) is 17.5. The average molecular weight is 458 g/mol. The van der Waals surface area contributed by atoms with Crippen molar-refractivity contribution in [3.63, 3.8) is 0 Å². The fraction of sp³-hybridized carbons (Fsp3) is 0.333. The molecule has 1 saturated heterocycles. The molecule has 0 unspecified atom stereocenters. The SMILES string of the molecule is COc1cc([C@H]2/C(=C(\O)c3ccc(F)cc3)C(=O)C(=O)N2CCN(C)C)cc(OC)c1OC. The number of likely N-dealkylation sites (N-methyl/N-ethyl adjacent to an activating group) is 1. The lowest BCUT2D eigenvalue weighted by molar-refractivity contribution is -0.140. The van der Waals surface area contributed by atoms with E-state index in [9.17, 15) is 19.1 Å². The molecule has 0 aromatic heterocycles. The first-order chi connectivity index (χ1) is 15.7. The molecule has 33 heavy (non-hydrogen) atoms. The zero-order valence-corrected chi connectivity index (χ0v) is 19.2. The summed E-state index contributed by atoms with van der Waals surface area (Å²) in [5, 5.41) is 11.0. The first kappa shape index (κ1) is 24.1. The summed E-state index contributed by atoms with van der Waals surface area (Å²) in [5.74, 6) is -1.40. The van der Waals surface area contributed by atoms with Crippen molar-refractivity contribution in [3.05, 3.63) is 58.9 Å². The Hall–Kier alpha value is -3.59. The standard InChI is InChI=1S/C24H27FN2O6/c1-26(2)10-11-27-20(15-12-17(31-3)23(33-5)18(13-15)32-4)19(22(29)24(27)30)21(28)14-6-8-16(25)9-7-14/h6-9,12-13,20,28H,10-11H2,1-5H3/b21-19+/t20-/m0/s1. The predicted octanol–water partition coefficient (Wildman–Crippen LogP) is 2.83. The van der Waals surface area contributed by atoms with Crippen molar-refractivity contribution in [1.82, 2.24) is 9.80 Å². The van der Waals surface area contributed by atoms with Crippen molar-refractivity contribution in [1.29, 1.82) is 0 Å². The minimum atomic E-state index is -0.913. The second-order valence-electron chi connectivity index (χ2n) is 7.76. The van der Waals surface area contributed by atoms with E-state index >= 15 is 0 Å². The highest BCUT2D eigenvalue weighted by Crippen LogP contribution is 2.45. The van der Waals surface area contributed by atoms with Crippen LogP contribution >= 0.6 is 0 Å². The smallest absolute Gasteiger partial charge is 0.295 e. The van der Waals surface area contributed by atoms with E-state index in [0.717, 1.165) is 0 Å². The van der Waals surface area contributed by atoms with Crippen LogP contribution in [0.1, 0.15) is 17.2 Å². The number of carbonyl (C=O) groups excluding carboxylic acids is 2. The third-order valence-corrected chi connectivity index (χ3v) is 5.45. The van der Waals surface area contributed by atoms with Crippen molar-refractivity contribution in [2.75, 3.05) is 48.5 Å². The molecule has 1 aliphatic heterocycles. The number of nitrogens with zero attached hydrogens (tertiary/aromatic N) is 2. The molecule has 2 aromatic carbocycles. The molecular formula is C24H27FN2O6. The van der Waals surface area contributed by atoms with Crippen molar-refractivity contribution in [3.8, 4) is 17.2 Å². The molecule has 1 atom stereocenters. The largest absolute Gasteiger partial charge is 0.507 e. The molecule has 176 valence electrons. The van der Waals surface area contributed by atoms with Gasteiger partial charge < -0.3 is 29.1 Å². The molecule has 2 aromatic rings. The molecule has 9 heteroatoms. The Kier molecular flexibility index (Phi) is 7.23. The van der Waals surface area contributed by atoms with E-state index < -0.39 is 23.5 Å². The number of likely N-dealkylation sites (tertiary alicyclic amines) is 1. The minimum absolute atomic E-state index is 0.0976. The molecule has 8 nitrogen and oxygen atoms in total. The van der Waals surface area contributed by atoms with Gasteiger partial charge in [-0.25, -0.2) is 4.39 Å². The Bertz CT molecular complexity index is 1060. The highest BCUT2D eigenvalue weighted by molar-refractivity contribution is 6.46. The zero-order valence-electron chi connectivity index (χ0n) is 19.2. The molecule has 1 N–H and O–H groups in total. The molecule has 1 amide bonds. The van der Waals surface area contributed by atoms with Crippen LogP contribution in [0.3, 0.4) is 0 Å². The van der Waals surface area contributed by atoms with Crippen LogP contribution in [0.4, 0.5) is 4.39 Å². The van der Waals surface area contributed by atoms with Gasteiger partial charge in [0.1, 0.15) is 11.6 Å². The molecular weight excluding hydrogens is 431 g/mol. The maximum atomic E-state index is 13.4. The van der Waals surface area contributed by atoms with Crippen molar-refractivity contribution >= 4 is 17.4 Å². The zero-order chi connectivity index (χ0) is 24.3. The molecule has 1 fully saturated rings. The maximum Gasteiger partial charge on any atom is 0.295 e. The number of hydrogen-bond acceptors (Lipinski definition) is 7. The number of ether oxygens (including phenoxy) is 3. The van der Waals surface area contributed by atoms with Crippen molar-refractivity contribution in [2.24, 2.45) is 0 Å². The summed E-state index contributed by atoms with van der Waals surface area (Å²) < 4.78 is 29.7. The summed E-state index contributed by atoms with van der Waals surface area (Å²) >= 11 is 0. The number of halogens is 1. The van der Waals surface area contributed by atoms with Gasteiger partial charge in [-0.1, -0.05) is 0 Å². The summed E-state index contributed by atoms with van der Waals surface area (Å²) in [5.41, 5.74) is 0.616. The maximum absolute atomic E-state index is 13.4. The van der Waals surface area contributed by atoms with Gasteiger partial charge in [0.05, 0.1) is 32.9 Å². The molecule has 0 aliphatic carbocycles. The van der Waals surface area contributed by atoms with Gasteiger partial charge in [0.15, 0.2) is 11.5 Å². The highest BCUT2D eigenvalue weighted by atomic mass is 19.1. The van der Waals surface area contributed by atoms with Gasteiger partial charge in [-0.3, -0.25) is 9.59 Å². The number of hydrogen-bond donors (Lipinski definition) is 1. The van der Waals surface area contributed by atoms with E-state index in [1.807, 2.05) is 19.0 Å². The minimum Gasteiger partial charge on any atom is -0.507 e. The van der Waals surface area contributed by atoms with E-state index in [-0.39, 0.29) is 23.4 Å². The Morgan fingerprint density at radius 2 is 1.61 bits per heavy atom. The predicted molar refractivity (Wildman–Crippen MR) is 120 cm³/mol. The van der Waals surface area contributed by atoms with Gasteiger partial charge in [0.2, 0.25) is 5.75 Å². The van der Waals surface area contributed by atoms with Crippen molar-refractivity contribution in [2.45, 2.75) is 6.04 Å². The van der Waals surface area contributed by atoms with E-state index in [1.54, 1.807) is 12.1 Å². The lowest BCUT2D eigenvalue weighted by Gasteiger charge is -2.27. The average Bonchev–Trinajstić information content (AvgIpc) is 3.06. The number of aliphatic hydroxyl groups is 1. The summed E-state index contributed by atoms with van der Waals surface area (Å²) in [4.78, 5) is 29.4. The van der Waals surface area contributed by atoms with Gasteiger partial charge in [0.25, 0.3) is 11.7 Å². The van der Waals surface area contributed by atoms with Crippen LogP contribution < -0.4 is 14.2 Å². The lowest BCUT2D eigenvalue weighted by Crippen LogP contribution is -2.35. The monoisotopic (exact) mass is 458 g/mol. The van der Waals surface area contributed by atoms with Gasteiger partial charge in [0, 0.05) is 18.7 Å². The molecule has 0 spiro atoms. The number of carbonyl (C=O) groups is 2. The van der Waals surface area contributed by atoms with Crippen LogP contribution in [-0.2, 0) is 9.59 Å². The van der Waals surface area contributed by atoms with Gasteiger partial charge in [-0.2, -0.15) is 0 Å². The molecule has 1 aliphatic rings. The van der Waals surface area contributed by atoms with Crippen LogP contribution in [0.2, 0.25) is 0 Å². The number of amides is 1. The van der Waals surface area contributed by atoms with E-state index in [4.69, 9.17) is 14.2 Å². The summed E-state index contributed by atoms with van der Waals surface area (Å²) in [7, 11) is 8.09. The Morgan fingerprint density at radius 1 is 1.03 bits per heavy atom. The molecule has 1 heterocycles. The Labute approximate surface area is 191 Å². The highest BCUT2D eigenvalue weighted by Gasteiger charge is 2.46. The first-order valence-electron chi connectivity index (χ1n) is 10.2. The molecule has 0 radical (unpaired) electrons. The number of benzene rings is 2. The topological polar surface area (TPSA) is 88.5 Å². The van der Waals surface area contributed by atoms with E-state index in [2.05, 4.69) is 0 Å². The van der Waals surface area contributed by atoms with Crippen LogP contribution in [0, 0.1) is 5.82 Å². The molecule has 0 saturated carbocycles. The Balaban J connectivity index is 2.25. The summed E-state index contributed by atoms with van der Waals surface area (Å²) in [6, 6.07) is 7.41. The van der Waals surface area contributed by atoms with Crippen molar-refractivity contribution < 1.29 is 33.3 Å². The van der Waals surface area contributed by atoms with E-state index in [0.29, 0.717) is 29.4 Å². The number of methoxy groups -OCH3 is 3. The second kappa shape index (κ2) is 9.91. The van der Waals surface area contributed by atoms with Gasteiger partial charge >= 0.3 is 0 Å². The van der Waals surface area contributed by atoms with Crippen LogP contribution in [-0.4, -0.2) is 75.1 Å². The third kappa shape index (κ3) is 4.63. The summed E-state index contributed by atoms with van der Waals surface area (Å²) in [6.07, 6.45) is 0. The van der Waals surface area contributed by atoms with E-state index in [1.165, 1.54) is 50.5 Å². The van der Waals surface area contributed by atoms with Crippen LogP contribution in [0.15, 0.2) is 42.0 Å². The van der Waals surface area contributed by atoms with Gasteiger partial charge in [-0.15, -0.1) is 0 Å². The third-order valence-electron chi connectivity index (χ3n) is 5.45. The number of aliphatic hydroxyl groups excluding tert-OH is 1. The number of Topliss-reactive ketones (excluding diaryl/α,β-unsaturated/α-hetero) is 1. The Morgan fingerprint density at radius 3 is 2.09 bits per heavy atom. The second-order valence-corrected chi connectivity index (χ2v) is 7.76. The fourth-order valence-electron chi connectivity index (χ4n) is 3.79. The summed E-state index contributed by atoms with van der Waals surface area (Å²) in [6.45, 7) is 0.726. The lowest BCUT2D eigenvalue weighted by atomic mass is 9.94.